The van der Waals surface area contributed by atoms with Crippen LogP contribution in [0.4, 0.5) is 0 Å². The summed E-state index contributed by atoms with van der Waals surface area (Å²) in [5, 5.41) is 12.9. The molecule has 0 rings (SSSR count). The fourth-order valence-corrected chi connectivity index (χ4v) is 4.75. The van der Waals surface area contributed by atoms with E-state index in [4.69, 9.17) is 9.47 Å². The Hall–Kier alpha value is -0.670. The van der Waals surface area contributed by atoms with E-state index in [0.29, 0.717) is 39.2 Å². The van der Waals surface area contributed by atoms with Crippen LogP contribution in [0.1, 0.15) is 67.2 Å². The summed E-state index contributed by atoms with van der Waals surface area (Å²) in [5.74, 6) is -0.0251. The summed E-state index contributed by atoms with van der Waals surface area (Å²) in [6.45, 7) is 14.6. The van der Waals surface area contributed by atoms with Crippen LogP contribution in [0.3, 0.4) is 0 Å². The molecule has 0 aromatic carbocycles. The molecule has 0 heterocycles. The van der Waals surface area contributed by atoms with Crippen LogP contribution < -0.4 is 10.0 Å². The van der Waals surface area contributed by atoms with Gasteiger partial charge in [-0.2, -0.15) is 0 Å². The topological polar surface area (TPSA) is 96.9 Å². The molecule has 8 heteroatoms. The fourth-order valence-electron chi connectivity index (χ4n) is 3.41. The van der Waals surface area contributed by atoms with Gasteiger partial charge in [0.15, 0.2) is 0 Å². The smallest absolute Gasteiger partial charge is 0.232 e. The van der Waals surface area contributed by atoms with Gasteiger partial charge in [0.1, 0.15) is 6.23 Å². The van der Waals surface area contributed by atoms with Crippen LogP contribution in [-0.4, -0.2) is 59.0 Å². The first kappa shape index (κ1) is 28.3. The quantitative estimate of drug-likeness (QED) is 0.254. The zero-order chi connectivity index (χ0) is 22.6. The number of hydrogen-bond donors (Lipinski definition) is 3. The van der Waals surface area contributed by atoms with Crippen molar-refractivity contribution >= 4 is 10.0 Å². The summed E-state index contributed by atoms with van der Waals surface area (Å²) in [7, 11) is -1.86. The van der Waals surface area contributed by atoms with Crippen molar-refractivity contribution in [1.82, 2.24) is 10.0 Å². The summed E-state index contributed by atoms with van der Waals surface area (Å²) in [6.07, 6.45) is 3.57. The Bertz CT molecular complexity index is 568. The molecule has 0 aromatic heterocycles. The van der Waals surface area contributed by atoms with Crippen LogP contribution in [0.25, 0.3) is 0 Å². The number of nitrogens with one attached hydrogen (secondary N) is 2. The molecule has 0 aliphatic carbocycles. The first-order valence-corrected chi connectivity index (χ1v) is 12.2. The van der Waals surface area contributed by atoms with E-state index < -0.39 is 16.3 Å². The minimum Gasteiger partial charge on any atom is -0.382 e. The summed E-state index contributed by atoms with van der Waals surface area (Å²) in [6, 6.07) is 0. The predicted molar refractivity (Wildman–Crippen MR) is 119 cm³/mol. The molecule has 0 aliphatic heterocycles. The number of ether oxygens (including phenoxy) is 2. The lowest BCUT2D eigenvalue weighted by Crippen LogP contribution is -2.36. The number of hydrogen-bond acceptors (Lipinski definition) is 6. The lowest BCUT2D eigenvalue weighted by atomic mass is 9.74. The average Bonchev–Trinajstić information content (AvgIpc) is 2.55. The SMILES string of the molecule is CC/C=C(\NS(=O)(=O)CCCC(O)NCCOCCOC)C(C)(C)CC(C)(C)C. The van der Waals surface area contributed by atoms with Gasteiger partial charge in [-0.1, -0.05) is 47.6 Å². The third-order valence-electron chi connectivity index (χ3n) is 4.32. The van der Waals surface area contributed by atoms with Gasteiger partial charge < -0.3 is 14.6 Å². The minimum absolute atomic E-state index is 0.0251. The van der Waals surface area contributed by atoms with E-state index in [1.54, 1.807) is 7.11 Å². The maximum Gasteiger partial charge on any atom is 0.232 e. The maximum absolute atomic E-state index is 12.6. The lowest BCUT2D eigenvalue weighted by Gasteiger charge is -2.35. The van der Waals surface area contributed by atoms with Crippen molar-refractivity contribution in [2.75, 3.05) is 39.2 Å². The van der Waals surface area contributed by atoms with Crippen LogP contribution in [0, 0.1) is 10.8 Å². The van der Waals surface area contributed by atoms with E-state index in [1.165, 1.54) is 0 Å². The molecule has 0 aliphatic rings. The number of rotatable bonds is 16. The molecule has 0 bridgehead atoms. The van der Waals surface area contributed by atoms with E-state index >= 15 is 0 Å². The first-order valence-electron chi connectivity index (χ1n) is 10.5. The monoisotopic (exact) mass is 436 g/mol. The van der Waals surface area contributed by atoms with E-state index in [0.717, 1.165) is 18.5 Å². The Morgan fingerprint density at radius 3 is 2.34 bits per heavy atom. The standard InChI is InChI=1S/C21H44N2O5S/c1-8-10-18(21(5,6)17-20(2,3)4)23-29(25,26)16-9-11-19(24)22-12-13-28-15-14-27-7/h10,19,22-24H,8-9,11-17H2,1-7H3/b18-10-. The Morgan fingerprint density at radius 2 is 1.79 bits per heavy atom. The highest BCUT2D eigenvalue weighted by Gasteiger charge is 2.31. The number of aliphatic hydroxyl groups is 1. The van der Waals surface area contributed by atoms with Crippen LogP contribution in [-0.2, 0) is 19.5 Å². The Balaban J connectivity index is 4.49. The van der Waals surface area contributed by atoms with Crippen molar-refractivity contribution in [2.45, 2.75) is 73.5 Å². The molecule has 0 saturated heterocycles. The van der Waals surface area contributed by atoms with E-state index in [9.17, 15) is 13.5 Å². The number of methoxy groups -OCH3 is 1. The van der Waals surface area contributed by atoms with Crippen molar-refractivity contribution in [2.24, 2.45) is 10.8 Å². The molecular formula is C21H44N2O5S. The van der Waals surface area contributed by atoms with Gasteiger partial charge in [0.05, 0.1) is 25.6 Å². The number of sulfonamides is 1. The van der Waals surface area contributed by atoms with Crippen molar-refractivity contribution < 1.29 is 23.0 Å². The number of allylic oxidation sites excluding steroid dienone is 2. The summed E-state index contributed by atoms with van der Waals surface area (Å²) in [5.41, 5.74) is 0.567. The zero-order valence-electron chi connectivity index (χ0n) is 19.5. The molecule has 7 nitrogen and oxygen atoms in total. The molecule has 0 aromatic rings. The summed E-state index contributed by atoms with van der Waals surface area (Å²) < 4.78 is 38.2. The predicted octanol–water partition coefficient (Wildman–Crippen LogP) is 3.01. The second-order valence-electron chi connectivity index (χ2n) is 9.29. The normalized spacial score (nSPS) is 14.8. The van der Waals surface area contributed by atoms with Crippen molar-refractivity contribution in [3.8, 4) is 0 Å². The molecule has 0 saturated carbocycles. The van der Waals surface area contributed by atoms with Gasteiger partial charge in [-0.3, -0.25) is 10.0 Å². The van der Waals surface area contributed by atoms with Crippen LogP contribution in [0.15, 0.2) is 11.8 Å². The van der Waals surface area contributed by atoms with Gasteiger partial charge in [-0.15, -0.1) is 0 Å². The van der Waals surface area contributed by atoms with E-state index in [1.807, 2.05) is 13.0 Å². The fraction of sp³-hybridized carbons (Fsp3) is 0.905. The molecule has 0 fully saturated rings. The second kappa shape index (κ2) is 13.6. The Morgan fingerprint density at radius 1 is 1.14 bits per heavy atom. The molecular weight excluding hydrogens is 392 g/mol. The highest BCUT2D eigenvalue weighted by molar-refractivity contribution is 7.89. The molecule has 1 atom stereocenters. The largest absolute Gasteiger partial charge is 0.382 e. The lowest BCUT2D eigenvalue weighted by molar-refractivity contribution is 0.0601. The molecule has 174 valence electrons. The highest BCUT2D eigenvalue weighted by atomic mass is 32.2. The zero-order valence-corrected chi connectivity index (χ0v) is 20.3. The van der Waals surface area contributed by atoms with Crippen molar-refractivity contribution in [1.29, 1.82) is 0 Å². The van der Waals surface area contributed by atoms with Crippen molar-refractivity contribution in [3.63, 3.8) is 0 Å². The maximum atomic E-state index is 12.6. The van der Waals surface area contributed by atoms with E-state index in [-0.39, 0.29) is 16.6 Å². The molecule has 0 spiro atoms. The van der Waals surface area contributed by atoms with Gasteiger partial charge >= 0.3 is 0 Å². The number of aliphatic hydroxyl groups excluding tert-OH is 1. The summed E-state index contributed by atoms with van der Waals surface area (Å²) >= 11 is 0. The molecule has 1 unspecified atom stereocenters. The van der Waals surface area contributed by atoms with Gasteiger partial charge in [0, 0.05) is 24.8 Å². The second-order valence-corrected chi connectivity index (χ2v) is 11.1. The average molecular weight is 437 g/mol. The molecule has 0 amide bonds. The van der Waals surface area contributed by atoms with Crippen molar-refractivity contribution in [3.05, 3.63) is 11.8 Å². The third kappa shape index (κ3) is 14.9. The Kier molecular flexibility index (Phi) is 13.3. The van der Waals surface area contributed by atoms with Gasteiger partial charge in [0.25, 0.3) is 0 Å². The molecule has 0 radical (unpaired) electrons. The van der Waals surface area contributed by atoms with Crippen LogP contribution >= 0.6 is 0 Å². The van der Waals surface area contributed by atoms with Gasteiger partial charge in [-0.25, -0.2) is 8.42 Å². The minimum atomic E-state index is -3.47. The molecule has 3 N–H and O–H groups in total. The van der Waals surface area contributed by atoms with E-state index in [2.05, 4.69) is 44.7 Å². The van der Waals surface area contributed by atoms with Gasteiger partial charge in [0.2, 0.25) is 10.0 Å². The third-order valence-corrected chi connectivity index (χ3v) is 5.68. The molecule has 29 heavy (non-hydrogen) atoms. The first-order chi connectivity index (χ1) is 13.3. The van der Waals surface area contributed by atoms with Gasteiger partial charge in [-0.05, 0) is 31.1 Å². The van der Waals surface area contributed by atoms with Crippen LogP contribution in [0.2, 0.25) is 0 Å². The highest BCUT2D eigenvalue weighted by Crippen LogP contribution is 2.38. The van der Waals surface area contributed by atoms with Crippen LogP contribution in [0.5, 0.6) is 0 Å². The summed E-state index contributed by atoms with van der Waals surface area (Å²) in [4.78, 5) is 0. The Labute approximate surface area is 178 Å².